The Morgan fingerprint density at radius 2 is 1.91 bits per heavy atom. The minimum atomic E-state index is -0.788. The molecule has 10 heteroatoms. The van der Waals surface area contributed by atoms with Crippen molar-refractivity contribution in [1.29, 1.82) is 0 Å². The highest BCUT2D eigenvalue weighted by Crippen LogP contribution is 2.31. The third-order valence-corrected chi connectivity index (χ3v) is 5.43. The number of esters is 2. The first-order valence-corrected chi connectivity index (χ1v) is 10.6. The van der Waals surface area contributed by atoms with Crippen molar-refractivity contribution in [3.05, 3.63) is 104 Å². The average molecular weight is 493 g/mol. The first kappa shape index (κ1) is 23.7. The summed E-state index contributed by atoms with van der Waals surface area (Å²) < 4.78 is 15.9. The fourth-order valence-corrected chi connectivity index (χ4v) is 3.36. The Hall–Kier alpha value is -4.50. The maximum Gasteiger partial charge on any atom is 0.363 e. The number of halogens is 1. The van der Waals surface area contributed by atoms with Crippen LogP contribution < -0.4 is 9.47 Å². The highest BCUT2D eigenvalue weighted by Gasteiger charge is 2.25. The molecule has 35 heavy (non-hydrogen) atoms. The van der Waals surface area contributed by atoms with Crippen LogP contribution in [0.2, 0.25) is 5.02 Å². The number of hydrogen-bond donors (Lipinski definition) is 0. The molecule has 0 aliphatic carbocycles. The third kappa shape index (κ3) is 5.20. The normalized spacial score (nSPS) is 13.9. The molecule has 0 bridgehead atoms. The third-order valence-electron chi connectivity index (χ3n) is 5.03. The van der Waals surface area contributed by atoms with Crippen molar-refractivity contribution in [2.45, 2.75) is 6.92 Å². The second kappa shape index (κ2) is 9.78. The highest BCUT2D eigenvalue weighted by atomic mass is 35.5. The van der Waals surface area contributed by atoms with Crippen LogP contribution in [0.5, 0.6) is 11.5 Å². The fraction of sp³-hybridized carbons (Fsp3) is 0.0800. The summed E-state index contributed by atoms with van der Waals surface area (Å²) in [5.74, 6) is -0.976. The van der Waals surface area contributed by atoms with Crippen LogP contribution in [-0.2, 0) is 9.53 Å². The molecule has 0 radical (unpaired) electrons. The van der Waals surface area contributed by atoms with Gasteiger partial charge < -0.3 is 14.2 Å². The van der Waals surface area contributed by atoms with Gasteiger partial charge >= 0.3 is 11.9 Å². The van der Waals surface area contributed by atoms with Gasteiger partial charge in [-0.05, 0) is 54.5 Å². The molecule has 9 nitrogen and oxygen atoms in total. The molecule has 0 fully saturated rings. The molecule has 0 unspecified atom stereocenters. The minimum Gasteiger partial charge on any atom is -0.493 e. The van der Waals surface area contributed by atoms with Crippen LogP contribution in [0, 0.1) is 17.0 Å². The topological polar surface area (TPSA) is 117 Å². The van der Waals surface area contributed by atoms with E-state index in [0.717, 1.165) is 11.6 Å². The van der Waals surface area contributed by atoms with E-state index in [2.05, 4.69) is 4.99 Å². The Labute approximate surface area is 204 Å². The van der Waals surface area contributed by atoms with Crippen molar-refractivity contribution in [3.8, 4) is 11.5 Å². The second-order valence-electron chi connectivity index (χ2n) is 7.41. The zero-order valence-corrected chi connectivity index (χ0v) is 19.2. The van der Waals surface area contributed by atoms with Gasteiger partial charge in [-0.1, -0.05) is 29.8 Å². The molecular weight excluding hydrogens is 476 g/mol. The standard InChI is InChI=1S/C25H17ClN2O7/c1-14-6-8-16(13-19(14)26)23-27-20(25(30)35-23)10-15-7-9-21(22(11-15)33-2)34-24(29)17-4-3-5-18(12-17)28(31)32/h3-13H,1-2H3/b20-10-. The number of nitro benzene ring substituents is 1. The molecule has 4 rings (SSSR count). The zero-order valence-electron chi connectivity index (χ0n) is 18.5. The van der Waals surface area contributed by atoms with E-state index in [1.807, 2.05) is 6.92 Å². The van der Waals surface area contributed by atoms with Gasteiger partial charge in [-0.2, -0.15) is 0 Å². The van der Waals surface area contributed by atoms with Crippen molar-refractivity contribution in [2.75, 3.05) is 7.11 Å². The smallest absolute Gasteiger partial charge is 0.363 e. The summed E-state index contributed by atoms with van der Waals surface area (Å²) in [6.45, 7) is 1.86. The molecule has 0 aromatic heterocycles. The SMILES string of the molecule is COc1cc(/C=C2\N=C(c3ccc(C)c(Cl)c3)OC2=O)ccc1OC(=O)c1cccc([N+](=O)[O-])c1. The maximum atomic E-state index is 12.5. The maximum absolute atomic E-state index is 12.5. The number of nitrogens with zero attached hydrogens (tertiary/aromatic N) is 2. The summed E-state index contributed by atoms with van der Waals surface area (Å²) in [6, 6.07) is 15.0. The Morgan fingerprint density at radius 1 is 1.11 bits per heavy atom. The van der Waals surface area contributed by atoms with Crippen LogP contribution in [0.15, 0.2) is 71.4 Å². The van der Waals surface area contributed by atoms with Crippen molar-refractivity contribution >= 4 is 41.2 Å². The second-order valence-corrected chi connectivity index (χ2v) is 7.81. The van der Waals surface area contributed by atoms with Gasteiger partial charge in [0.1, 0.15) is 0 Å². The summed E-state index contributed by atoms with van der Waals surface area (Å²) >= 11 is 6.15. The van der Waals surface area contributed by atoms with E-state index >= 15 is 0 Å². The number of methoxy groups -OCH3 is 1. The van der Waals surface area contributed by atoms with E-state index in [-0.39, 0.29) is 34.3 Å². The predicted molar refractivity (Wildman–Crippen MR) is 128 cm³/mol. The summed E-state index contributed by atoms with van der Waals surface area (Å²) in [6.07, 6.45) is 1.50. The molecule has 0 atom stereocenters. The lowest BCUT2D eigenvalue weighted by Crippen LogP contribution is -2.09. The van der Waals surface area contributed by atoms with Gasteiger partial charge in [-0.3, -0.25) is 10.1 Å². The molecule has 3 aromatic carbocycles. The fourth-order valence-electron chi connectivity index (χ4n) is 3.18. The molecule has 1 heterocycles. The van der Waals surface area contributed by atoms with Gasteiger partial charge in [-0.15, -0.1) is 0 Å². The zero-order chi connectivity index (χ0) is 25.1. The van der Waals surface area contributed by atoms with Crippen molar-refractivity contribution in [2.24, 2.45) is 4.99 Å². The molecule has 0 saturated carbocycles. The summed E-state index contributed by atoms with van der Waals surface area (Å²) in [5.41, 5.74) is 1.84. The minimum absolute atomic E-state index is 0.0132. The Morgan fingerprint density at radius 3 is 2.63 bits per heavy atom. The predicted octanol–water partition coefficient (Wildman–Crippen LogP) is 5.13. The molecule has 0 N–H and O–H groups in total. The van der Waals surface area contributed by atoms with Gasteiger partial charge in [0, 0.05) is 22.7 Å². The van der Waals surface area contributed by atoms with E-state index in [9.17, 15) is 19.7 Å². The van der Waals surface area contributed by atoms with Crippen molar-refractivity contribution in [1.82, 2.24) is 0 Å². The van der Waals surface area contributed by atoms with Crippen LogP contribution in [0.4, 0.5) is 5.69 Å². The molecule has 1 aliphatic rings. The molecular formula is C25H17ClN2O7. The molecule has 0 amide bonds. The van der Waals surface area contributed by atoms with Crippen LogP contribution in [0.3, 0.4) is 0 Å². The Balaban J connectivity index is 1.57. The Bertz CT molecular complexity index is 1430. The van der Waals surface area contributed by atoms with Crippen molar-refractivity contribution < 1.29 is 28.7 Å². The quantitative estimate of drug-likeness (QED) is 0.154. The number of aryl methyl sites for hydroxylation is 1. The summed E-state index contributed by atoms with van der Waals surface area (Å²) in [5, 5.41) is 11.5. The first-order chi connectivity index (χ1) is 16.7. The van der Waals surface area contributed by atoms with Crippen LogP contribution in [0.1, 0.15) is 27.0 Å². The van der Waals surface area contributed by atoms with Crippen LogP contribution in [-0.4, -0.2) is 29.9 Å². The molecule has 3 aromatic rings. The van der Waals surface area contributed by atoms with E-state index in [4.69, 9.17) is 25.8 Å². The molecule has 176 valence electrons. The largest absolute Gasteiger partial charge is 0.493 e. The number of benzene rings is 3. The monoisotopic (exact) mass is 492 g/mol. The van der Waals surface area contributed by atoms with Gasteiger partial charge in [0.05, 0.1) is 17.6 Å². The van der Waals surface area contributed by atoms with Crippen LogP contribution in [0.25, 0.3) is 6.08 Å². The number of non-ortho nitro benzene ring substituents is 1. The number of ether oxygens (including phenoxy) is 3. The average Bonchev–Trinajstić information content (AvgIpc) is 3.21. The number of nitro groups is 1. The molecule has 0 saturated heterocycles. The number of carbonyl (C=O) groups excluding carboxylic acids is 2. The van der Waals surface area contributed by atoms with Gasteiger partial charge in [0.25, 0.3) is 5.69 Å². The number of rotatable bonds is 6. The number of cyclic esters (lactones) is 1. The number of aliphatic imine (C=N–C) groups is 1. The lowest BCUT2D eigenvalue weighted by atomic mass is 10.1. The van der Waals surface area contributed by atoms with E-state index in [0.29, 0.717) is 16.1 Å². The van der Waals surface area contributed by atoms with E-state index in [1.54, 1.807) is 30.3 Å². The lowest BCUT2D eigenvalue weighted by molar-refractivity contribution is -0.384. The van der Waals surface area contributed by atoms with Gasteiger partial charge in [-0.25, -0.2) is 14.6 Å². The van der Waals surface area contributed by atoms with Gasteiger partial charge in [0.2, 0.25) is 5.90 Å². The van der Waals surface area contributed by atoms with Crippen LogP contribution >= 0.6 is 11.6 Å². The highest BCUT2D eigenvalue weighted by molar-refractivity contribution is 6.31. The van der Waals surface area contributed by atoms with Crippen molar-refractivity contribution in [3.63, 3.8) is 0 Å². The molecule has 1 aliphatic heterocycles. The first-order valence-electron chi connectivity index (χ1n) is 10.2. The van der Waals surface area contributed by atoms with Gasteiger partial charge in [0.15, 0.2) is 17.2 Å². The molecule has 0 spiro atoms. The van der Waals surface area contributed by atoms with E-state index < -0.39 is 16.9 Å². The summed E-state index contributed by atoms with van der Waals surface area (Å²) in [7, 11) is 1.39. The lowest BCUT2D eigenvalue weighted by Gasteiger charge is -2.10. The summed E-state index contributed by atoms with van der Waals surface area (Å²) in [4.78, 5) is 39.4. The van der Waals surface area contributed by atoms with E-state index in [1.165, 1.54) is 37.5 Å². The number of carbonyl (C=O) groups is 2. The number of hydrogen-bond acceptors (Lipinski definition) is 8. The Kier molecular flexibility index (Phi) is 6.61.